The number of piperidine rings is 1. The van der Waals surface area contributed by atoms with Gasteiger partial charge in [0.25, 0.3) is 10.1 Å². The van der Waals surface area contributed by atoms with Gasteiger partial charge < -0.3 is 4.90 Å². The molecule has 1 heterocycles. The quantitative estimate of drug-likeness (QED) is 0.802. The Morgan fingerprint density at radius 2 is 1.67 bits per heavy atom. The number of benzene rings is 1. The molecule has 116 valence electrons. The van der Waals surface area contributed by atoms with E-state index in [4.69, 9.17) is 4.18 Å². The van der Waals surface area contributed by atoms with Gasteiger partial charge in [-0.3, -0.25) is 4.18 Å². The fourth-order valence-electron chi connectivity index (χ4n) is 3.14. The van der Waals surface area contributed by atoms with Crippen LogP contribution in [0.4, 0.5) is 0 Å². The number of aryl methyl sites for hydroxylation is 1. The van der Waals surface area contributed by atoms with Crippen LogP contribution in [0.3, 0.4) is 0 Å². The van der Waals surface area contributed by atoms with E-state index in [0.29, 0.717) is 6.04 Å². The average molecular weight is 309 g/mol. The third-order valence-electron chi connectivity index (χ3n) is 4.55. The fraction of sp³-hybridized carbons (Fsp3) is 0.625. The van der Waals surface area contributed by atoms with Crippen molar-refractivity contribution in [3.05, 3.63) is 29.8 Å². The molecule has 0 radical (unpaired) electrons. The van der Waals surface area contributed by atoms with E-state index in [-0.39, 0.29) is 11.0 Å². The topological polar surface area (TPSA) is 46.6 Å². The first-order valence-corrected chi connectivity index (χ1v) is 9.19. The van der Waals surface area contributed by atoms with E-state index in [0.717, 1.165) is 31.5 Å². The summed E-state index contributed by atoms with van der Waals surface area (Å²) in [7, 11) is -3.61. The third-order valence-corrected chi connectivity index (χ3v) is 5.92. The molecule has 0 spiro atoms. The summed E-state index contributed by atoms with van der Waals surface area (Å²) in [5.41, 5.74) is 1.04. The molecule has 1 aromatic rings. The smallest absolute Gasteiger partial charge is 0.297 e. The molecule has 0 aromatic heterocycles. The first-order chi connectivity index (χ1) is 10.0. The number of likely N-dealkylation sites (tertiary alicyclic amines) is 1. The van der Waals surface area contributed by atoms with Gasteiger partial charge in [0.15, 0.2) is 0 Å². The molecule has 2 fully saturated rings. The van der Waals surface area contributed by atoms with Crippen LogP contribution in [0, 0.1) is 6.92 Å². The van der Waals surface area contributed by atoms with Crippen molar-refractivity contribution in [3.63, 3.8) is 0 Å². The maximum atomic E-state index is 12.2. The van der Waals surface area contributed by atoms with Crippen LogP contribution >= 0.6 is 0 Å². The maximum absolute atomic E-state index is 12.2. The first kappa shape index (κ1) is 15.0. The molecule has 4 nitrogen and oxygen atoms in total. The van der Waals surface area contributed by atoms with Gasteiger partial charge >= 0.3 is 0 Å². The summed E-state index contributed by atoms with van der Waals surface area (Å²) in [4.78, 5) is 2.75. The lowest BCUT2D eigenvalue weighted by molar-refractivity contribution is 0.0124. The zero-order chi connectivity index (χ0) is 14.9. The largest absolute Gasteiger partial charge is 0.300 e. The minimum atomic E-state index is -3.61. The molecule has 0 N–H and O–H groups in total. The van der Waals surface area contributed by atoms with E-state index in [2.05, 4.69) is 4.90 Å². The van der Waals surface area contributed by atoms with E-state index in [1.807, 2.05) is 6.92 Å². The van der Waals surface area contributed by atoms with E-state index in [1.165, 1.54) is 19.3 Å². The van der Waals surface area contributed by atoms with Gasteiger partial charge in [0.1, 0.15) is 0 Å². The van der Waals surface area contributed by atoms with Gasteiger partial charge in [-0.1, -0.05) is 24.1 Å². The molecule has 5 heteroatoms. The number of rotatable bonds is 4. The number of hydrogen-bond donors (Lipinski definition) is 0. The second-order valence-electron chi connectivity index (χ2n) is 6.21. The standard InChI is InChI=1S/C16H23NO3S/c1-13-5-7-16(8-6-13)21(18,19)20-15-11-14(12-15)17-9-3-2-4-10-17/h5-8,14-15H,2-4,9-12H2,1H3. The van der Waals surface area contributed by atoms with Gasteiger partial charge in [-0.15, -0.1) is 0 Å². The van der Waals surface area contributed by atoms with E-state index >= 15 is 0 Å². The molecule has 0 amide bonds. The van der Waals surface area contributed by atoms with Crippen LogP contribution in [-0.4, -0.2) is 38.6 Å². The number of nitrogens with zero attached hydrogens (tertiary/aromatic N) is 1. The van der Waals surface area contributed by atoms with Crippen LogP contribution < -0.4 is 0 Å². The van der Waals surface area contributed by atoms with Crippen molar-refractivity contribution >= 4 is 10.1 Å². The maximum Gasteiger partial charge on any atom is 0.297 e. The van der Waals surface area contributed by atoms with Crippen molar-refractivity contribution in [2.24, 2.45) is 0 Å². The van der Waals surface area contributed by atoms with Gasteiger partial charge in [0.2, 0.25) is 0 Å². The molecule has 1 aromatic carbocycles. The van der Waals surface area contributed by atoms with Gasteiger partial charge in [0, 0.05) is 6.04 Å². The second-order valence-corrected chi connectivity index (χ2v) is 7.78. The molecule has 0 unspecified atom stereocenters. The lowest BCUT2D eigenvalue weighted by Gasteiger charge is -2.43. The van der Waals surface area contributed by atoms with Crippen molar-refractivity contribution in [1.29, 1.82) is 0 Å². The van der Waals surface area contributed by atoms with Crippen LogP contribution in [-0.2, 0) is 14.3 Å². The van der Waals surface area contributed by atoms with Gasteiger partial charge in [-0.2, -0.15) is 8.42 Å². The molecule has 2 aliphatic rings. The lowest BCUT2D eigenvalue weighted by Crippen LogP contribution is -2.50. The highest BCUT2D eigenvalue weighted by atomic mass is 32.2. The SMILES string of the molecule is Cc1ccc(S(=O)(=O)OC2CC(N3CCCCC3)C2)cc1. The normalized spacial score (nSPS) is 27.3. The summed E-state index contributed by atoms with van der Waals surface area (Å²) >= 11 is 0. The predicted octanol–water partition coefficient (Wildman–Crippen LogP) is 2.72. The Morgan fingerprint density at radius 1 is 1.05 bits per heavy atom. The van der Waals surface area contributed by atoms with Crippen molar-refractivity contribution in [2.45, 2.75) is 56.1 Å². The molecule has 1 aliphatic heterocycles. The van der Waals surface area contributed by atoms with E-state index < -0.39 is 10.1 Å². The summed E-state index contributed by atoms with van der Waals surface area (Å²) in [5.74, 6) is 0. The summed E-state index contributed by atoms with van der Waals surface area (Å²) in [6.45, 7) is 4.25. The molecule has 1 saturated heterocycles. The molecular formula is C16H23NO3S. The van der Waals surface area contributed by atoms with Crippen LogP contribution in [0.1, 0.15) is 37.7 Å². The molecule has 3 rings (SSSR count). The Labute approximate surface area is 127 Å². The minimum absolute atomic E-state index is 0.150. The Kier molecular flexibility index (Phi) is 4.33. The van der Waals surface area contributed by atoms with E-state index in [1.54, 1.807) is 24.3 Å². The molecule has 21 heavy (non-hydrogen) atoms. The molecule has 1 saturated carbocycles. The number of hydrogen-bond acceptors (Lipinski definition) is 4. The van der Waals surface area contributed by atoms with Crippen LogP contribution in [0.25, 0.3) is 0 Å². The van der Waals surface area contributed by atoms with Crippen LogP contribution in [0.2, 0.25) is 0 Å². The van der Waals surface area contributed by atoms with Gasteiger partial charge in [-0.05, 0) is 57.8 Å². The van der Waals surface area contributed by atoms with Crippen LogP contribution in [0.5, 0.6) is 0 Å². The van der Waals surface area contributed by atoms with Crippen LogP contribution in [0.15, 0.2) is 29.2 Å². The van der Waals surface area contributed by atoms with Gasteiger partial charge in [-0.25, -0.2) is 0 Å². The Hall–Kier alpha value is -0.910. The van der Waals surface area contributed by atoms with Gasteiger partial charge in [0.05, 0.1) is 11.0 Å². The van der Waals surface area contributed by atoms with Crippen molar-refractivity contribution in [1.82, 2.24) is 4.90 Å². The zero-order valence-corrected chi connectivity index (χ0v) is 13.3. The Bertz CT molecular complexity index is 570. The van der Waals surface area contributed by atoms with Crippen molar-refractivity contribution in [2.75, 3.05) is 13.1 Å². The predicted molar refractivity (Wildman–Crippen MR) is 81.7 cm³/mol. The average Bonchev–Trinajstić information content (AvgIpc) is 2.44. The highest BCUT2D eigenvalue weighted by Gasteiger charge is 2.37. The highest BCUT2D eigenvalue weighted by molar-refractivity contribution is 7.86. The monoisotopic (exact) mass is 309 g/mol. The van der Waals surface area contributed by atoms with E-state index in [9.17, 15) is 8.42 Å². The minimum Gasteiger partial charge on any atom is -0.300 e. The summed E-state index contributed by atoms with van der Waals surface area (Å²) < 4.78 is 29.8. The third kappa shape index (κ3) is 3.47. The van der Waals surface area contributed by atoms with Crippen molar-refractivity contribution in [3.8, 4) is 0 Å². The second kappa shape index (κ2) is 6.07. The summed E-state index contributed by atoms with van der Waals surface area (Å²) in [6, 6.07) is 7.35. The van der Waals surface area contributed by atoms with Crippen molar-refractivity contribution < 1.29 is 12.6 Å². The zero-order valence-electron chi connectivity index (χ0n) is 12.5. The lowest BCUT2D eigenvalue weighted by atomic mass is 9.87. The summed E-state index contributed by atoms with van der Waals surface area (Å²) in [6.07, 6.45) is 5.39. The molecule has 1 aliphatic carbocycles. The molecule has 0 atom stereocenters. The Morgan fingerprint density at radius 3 is 2.29 bits per heavy atom. The first-order valence-electron chi connectivity index (χ1n) is 7.78. The Balaban J connectivity index is 1.54. The molecule has 0 bridgehead atoms. The highest BCUT2D eigenvalue weighted by Crippen LogP contribution is 2.32. The molecular weight excluding hydrogens is 286 g/mol. The summed E-state index contributed by atoms with van der Waals surface area (Å²) in [5, 5.41) is 0. The fourth-order valence-corrected chi connectivity index (χ4v) is 4.23.